The fourth-order valence-corrected chi connectivity index (χ4v) is 2.17. The van der Waals surface area contributed by atoms with Crippen LogP contribution in [0.3, 0.4) is 0 Å². The average Bonchev–Trinajstić information content (AvgIpc) is 1.85. The Morgan fingerprint density at radius 1 is 1.50 bits per heavy atom. The van der Waals surface area contributed by atoms with Crippen molar-refractivity contribution in [2.75, 3.05) is 19.3 Å². The predicted molar refractivity (Wildman–Crippen MR) is 48.4 cm³/mol. The van der Waals surface area contributed by atoms with Crippen LogP contribution in [0.1, 0.15) is 20.3 Å². The van der Waals surface area contributed by atoms with Gasteiger partial charge in [-0.2, -0.15) is 0 Å². The van der Waals surface area contributed by atoms with Gasteiger partial charge < -0.3 is 5.11 Å². The minimum absolute atomic E-state index is 0.149. The zero-order chi connectivity index (χ0) is 9.78. The Kier molecular flexibility index (Phi) is 4.74. The van der Waals surface area contributed by atoms with Crippen molar-refractivity contribution < 1.29 is 13.5 Å². The quantitative estimate of drug-likeness (QED) is 0.674. The van der Waals surface area contributed by atoms with Crippen LogP contribution in [0.4, 0.5) is 0 Å². The maximum atomic E-state index is 11.3. The van der Waals surface area contributed by atoms with Crippen LogP contribution in [0.15, 0.2) is 0 Å². The van der Waals surface area contributed by atoms with Gasteiger partial charge in [-0.1, -0.05) is 6.92 Å². The summed E-state index contributed by atoms with van der Waals surface area (Å²) in [7, 11) is -1.65. The second-order valence-corrected chi connectivity index (χ2v) is 5.14. The first-order valence-electron chi connectivity index (χ1n) is 4.02. The van der Waals surface area contributed by atoms with Gasteiger partial charge in [0.1, 0.15) is 0 Å². The van der Waals surface area contributed by atoms with Gasteiger partial charge in [0.2, 0.25) is 10.0 Å². The number of aliphatic hydroxyl groups is 1. The van der Waals surface area contributed by atoms with Crippen molar-refractivity contribution in [2.24, 2.45) is 0 Å². The zero-order valence-electron chi connectivity index (χ0n) is 7.82. The molecule has 0 fully saturated rings. The molecule has 0 bridgehead atoms. The first-order chi connectivity index (χ1) is 5.40. The Morgan fingerprint density at radius 2 is 2.00 bits per heavy atom. The molecule has 0 aromatic heterocycles. The Hall–Kier alpha value is -0.130. The largest absolute Gasteiger partial charge is 0.392 e. The van der Waals surface area contributed by atoms with Crippen molar-refractivity contribution in [1.82, 2.24) is 4.31 Å². The van der Waals surface area contributed by atoms with Crippen LogP contribution in [-0.4, -0.2) is 43.3 Å². The molecule has 0 radical (unpaired) electrons. The highest BCUT2D eigenvalue weighted by atomic mass is 32.2. The highest BCUT2D eigenvalue weighted by Gasteiger charge is 2.17. The smallest absolute Gasteiger partial charge is 0.213 e. The Balaban J connectivity index is 4.16. The van der Waals surface area contributed by atoms with Gasteiger partial charge >= 0.3 is 0 Å². The van der Waals surface area contributed by atoms with Crippen molar-refractivity contribution in [1.29, 1.82) is 0 Å². The van der Waals surface area contributed by atoms with Crippen LogP contribution < -0.4 is 0 Å². The lowest BCUT2D eigenvalue weighted by Gasteiger charge is -2.17. The standard InChI is InChI=1S/C7H17NO3S/c1-4-5-12(10,11)8(3)6-7(2)9/h7,9H,4-6H2,1-3H3/t7-/m0/s1. The van der Waals surface area contributed by atoms with Gasteiger partial charge in [-0.25, -0.2) is 12.7 Å². The van der Waals surface area contributed by atoms with Crippen LogP contribution in [0.25, 0.3) is 0 Å². The molecule has 0 rings (SSSR count). The van der Waals surface area contributed by atoms with Crippen molar-refractivity contribution >= 4 is 10.0 Å². The summed E-state index contributed by atoms with van der Waals surface area (Å²) in [4.78, 5) is 0. The molecule has 0 aliphatic heterocycles. The first-order valence-corrected chi connectivity index (χ1v) is 5.63. The lowest BCUT2D eigenvalue weighted by Crippen LogP contribution is -2.34. The monoisotopic (exact) mass is 195 g/mol. The van der Waals surface area contributed by atoms with Crippen molar-refractivity contribution in [3.05, 3.63) is 0 Å². The molecular weight excluding hydrogens is 178 g/mol. The summed E-state index contributed by atoms with van der Waals surface area (Å²) in [5.74, 6) is 0.149. The lowest BCUT2D eigenvalue weighted by molar-refractivity contribution is 0.171. The normalized spacial score (nSPS) is 15.1. The average molecular weight is 195 g/mol. The van der Waals surface area contributed by atoms with Crippen molar-refractivity contribution in [3.8, 4) is 0 Å². The van der Waals surface area contributed by atoms with E-state index in [2.05, 4.69) is 0 Å². The molecule has 74 valence electrons. The minimum Gasteiger partial charge on any atom is -0.392 e. The SMILES string of the molecule is CCCS(=O)(=O)N(C)C[C@H](C)O. The zero-order valence-corrected chi connectivity index (χ0v) is 8.63. The molecule has 0 amide bonds. The summed E-state index contributed by atoms with van der Waals surface area (Å²) >= 11 is 0. The molecule has 0 aliphatic carbocycles. The topological polar surface area (TPSA) is 57.6 Å². The molecule has 0 aliphatic rings. The fraction of sp³-hybridized carbons (Fsp3) is 1.00. The molecule has 0 aromatic carbocycles. The number of nitrogens with zero attached hydrogens (tertiary/aromatic N) is 1. The maximum absolute atomic E-state index is 11.3. The Labute approximate surface area is 74.2 Å². The highest BCUT2D eigenvalue weighted by Crippen LogP contribution is 2.00. The summed E-state index contributed by atoms with van der Waals surface area (Å²) < 4.78 is 23.8. The van der Waals surface area contributed by atoms with Gasteiger partial charge in [-0.15, -0.1) is 0 Å². The van der Waals surface area contributed by atoms with Gasteiger partial charge in [0.05, 0.1) is 11.9 Å². The van der Waals surface area contributed by atoms with Crippen LogP contribution in [-0.2, 0) is 10.0 Å². The number of rotatable bonds is 5. The lowest BCUT2D eigenvalue weighted by atomic mass is 10.4. The van der Waals surface area contributed by atoms with E-state index >= 15 is 0 Å². The molecule has 4 nitrogen and oxygen atoms in total. The summed E-state index contributed by atoms with van der Waals surface area (Å²) in [5, 5.41) is 8.95. The van der Waals surface area contributed by atoms with Gasteiger partial charge in [0.25, 0.3) is 0 Å². The second-order valence-electron chi connectivity index (χ2n) is 2.95. The highest BCUT2D eigenvalue weighted by molar-refractivity contribution is 7.89. The van der Waals surface area contributed by atoms with E-state index in [-0.39, 0.29) is 12.3 Å². The van der Waals surface area contributed by atoms with Gasteiger partial charge in [0.15, 0.2) is 0 Å². The summed E-state index contributed by atoms with van der Waals surface area (Å²) in [6.07, 6.45) is -0.00595. The first kappa shape index (κ1) is 11.9. The second kappa shape index (κ2) is 4.79. The van der Waals surface area contributed by atoms with Crippen LogP contribution in [0, 0.1) is 0 Å². The summed E-state index contributed by atoms with van der Waals surface area (Å²) in [6, 6.07) is 0. The van der Waals surface area contributed by atoms with Crippen LogP contribution in [0.2, 0.25) is 0 Å². The van der Waals surface area contributed by atoms with E-state index in [9.17, 15) is 8.42 Å². The van der Waals surface area contributed by atoms with E-state index in [1.54, 1.807) is 6.92 Å². The van der Waals surface area contributed by atoms with Gasteiger partial charge in [-0.3, -0.25) is 0 Å². The van der Waals surface area contributed by atoms with Crippen LogP contribution in [0.5, 0.6) is 0 Å². The molecular formula is C7H17NO3S. The minimum atomic E-state index is -3.13. The Morgan fingerprint density at radius 3 is 2.33 bits per heavy atom. The van der Waals surface area contributed by atoms with Crippen LogP contribution >= 0.6 is 0 Å². The van der Waals surface area contributed by atoms with Gasteiger partial charge in [-0.05, 0) is 13.3 Å². The predicted octanol–water partition coefficient (Wildman–Crippen LogP) is 0.0388. The van der Waals surface area contributed by atoms with E-state index in [1.165, 1.54) is 11.4 Å². The number of hydrogen-bond acceptors (Lipinski definition) is 3. The molecule has 0 saturated carbocycles. The van der Waals surface area contributed by atoms with E-state index < -0.39 is 16.1 Å². The fourth-order valence-electron chi connectivity index (χ4n) is 0.899. The molecule has 0 saturated heterocycles. The number of likely N-dealkylation sites (N-methyl/N-ethyl adjacent to an activating group) is 1. The van der Waals surface area contributed by atoms with E-state index in [0.717, 1.165) is 0 Å². The third-order valence-electron chi connectivity index (χ3n) is 1.46. The third-order valence-corrected chi connectivity index (χ3v) is 3.48. The summed E-state index contributed by atoms with van der Waals surface area (Å²) in [6.45, 7) is 3.55. The van der Waals surface area contributed by atoms with E-state index in [1.807, 2.05) is 6.92 Å². The van der Waals surface area contributed by atoms with Crippen molar-refractivity contribution in [2.45, 2.75) is 26.4 Å². The molecule has 12 heavy (non-hydrogen) atoms. The summed E-state index contributed by atoms with van der Waals surface area (Å²) in [5.41, 5.74) is 0. The van der Waals surface area contributed by atoms with Crippen molar-refractivity contribution in [3.63, 3.8) is 0 Å². The molecule has 0 spiro atoms. The number of hydrogen-bond donors (Lipinski definition) is 1. The number of aliphatic hydroxyl groups excluding tert-OH is 1. The van der Waals surface area contributed by atoms with Gasteiger partial charge in [0, 0.05) is 13.6 Å². The third kappa shape index (κ3) is 4.04. The molecule has 0 aromatic rings. The number of sulfonamides is 1. The maximum Gasteiger partial charge on any atom is 0.213 e. The molecule has 1 N–H and O–H groups in total. The van der Waals surface area contributed by atoms with E-state index in [0.29, 0.717) is 6.42 Å². The Bertz CT molecular complexity index is 211. The van der Waals surface area contributed by atoms with E-state index in [4.69, 9.17) is 5.11 Å². The molecule has 5 heteroatoms. The molecule has 1 atom stereocenters. The molecule has 0 unspecified atom stereocenters. The molecule has 0 heterocycles.